The molecule has 4 nitrogen and oxygen atoms in total. The number of carbonyl (C=O) groups is 2. The highest BCUT2D eigenvalue weighted by molar-refractivity contribution is 14.1. The van der Waals surface area contributed by atoms with Gasteiger partial charge in [-0.25, -0.2) is 0 Å². The number of amides is 2. The maximum absolute atomic E-state index is 12.7. The molecule has 0 atom stereocenters. The van der Waals surface area contributed by atoms with Crippen LogP contribution >= 0.6 is 22.6 Å². The Labute approximate surface area is 152 Å². The fraction of sp³-hybridized carbons (Fsp3) is 0.0526. The van der Waals surface area contributed by atoms with Crippen molar-refractivity contribution in [1.29, 1.82) is 0 Å². The van der Waals surface area contributed by atoms with Crippen molar-refractivity contribution in [3.8, 4) is 0 Å². The van der Waals surface area contributed by atoms with Gasteiger partial charge in [-0.3, -0.25) is 14.5 Å². The summed E-state index contributed by atoms with van der Waals surface area (Å²) in [6.07, 6.45) is 0. The number of nitrogens with zero attached hydrogens (tertiary/aromatic N) is 1. The van der Waals surface area contributed by atoms with Crippen molar-refractivity contribution in [2.45, 2.75) is 0 Å². The van der Waals surface area contributed by atoms with E-state index in [2.05, 4.69) is 27.9 Å². The molecule has 4 rings (SSSR count). The van der Waals surface area contributed by atoms with Crippen molar-refractivity contribution < 1.29 is 9.59 Å². The van der Waals surface area contributed by atoms with Crippen molar-refractivity contribution >= 4 is 56.6 Å². The molecule has 1 N–H and O–H groups in total. The van der Waals surface area contributed by atoms with Gasteiger partial charge in [-0.2, -0.15) is 0 Å². The molecule has 0 saturated heterocycles. The zero-order valence-corrected chi connectivity index (χ0v) is 14.8. The Morgan fingerprint density at radius 3 is 2.46 bits per heavy atom. The lowest BCUT2D eigenvalue weighted by molar-refractivity contribution is -0.114. The Morgan fingerprint density at radius 2 is 1.71 bits per heavy atom. The second-order valence-electron chi connectivity index (χ2n) is 5.63. The summed E-state index contributed by atoms with van der Waals surface area (Å²) >= 11 is 2.21. The summed E-state index contributed by atoms with van der Waals surface area (Å²) < 4.78 is 1.10. The lowest BCUT2D eigenvalue weighted by Gasteiger charge is -2.17. The van der Waals surface area contributed by atoms with Gasteiger partial charge in [-0.1, -0.05) is 24.3 Å². The van der Waals surface area contributed by atoms with Gasteiger partial charge >= 0.3 is 0 Å². The third-order valence-corrected chi connectivity index (χ3v) is 4.80. The van der Waals surface area contributed by atoms with Gasteiger partial charge in [0, 0.05) is 20.2 Å². The van der Waals surface area contributed by atoms with Gasteiger partial charge in [-0.15, -0.1) is 0 Å². The van der Waals surface area contributed by atoms with E-state index in [9.17, 15) is 9.59 Å². The van der Waals surface area contributed by atoms with Crippen molar-refractivity contribution in [3.05, 3.63) is 69.8 Å². The summed E-state index contributed by atoms with van der Waals surface area (Å²) in [6, 6.07) is 19.0. The van der Waals surface area contributed by atoms with Crippen LogP contribution in [0, 0.1) is 3.57 Å². The van der Waals surface area contributed by atoms with Gasteiger partial charge in [0.05, 0.1) is 5.69 Å². The lowest BCUT2D eigenvalue weighted by Crippen LogP contribution is -2.35. The minimum absolute atomic E-state index is 0.00138. The molecule has 1 aliphatic rings. The zero-order chi connectivity index (χ0) is 16.7. The van der Waals surface area contributed by atoms with Crippen LogP contribution < -0.4 is 10.2 Å². The Balaban J connectivity index is 1.60. The van der Waals surface area contributed by atoms with E-state index in [1.165, 1.54) is 0 Å². The van der Waals surface area contributed by atoms with E-state index in [0.717, 1.165) is 25.7 Å². The first-order valence-electron chi connectivity index (χ1n) is 7.52. The zero-order valence-electron chi connectivity index (χ0n) is 12.6. The molecule has 24 heavy (non-hydrogen) atoms. The van der Waals surface area contributed by atoms with Crippen LogP contribution in [-0.2, 0) is 4.79 Å². The van der Waals surface area contributed by atoms with E-state index in [-0.39, 0.29) is 18.4 Å². The van der Waals surface area contributed by atoms with E-state index in [0.29, 0.717) is 5.56 Å². The average molecular weight is 428 g/mol. The topological polar surface area (TPSA) is 49.4 Å². The molecule has 1 heterocycles. The lowest BCUT2D eigenvalue weighted by atomic mass is 10.1. The standard InChI is InChI=1S/C19H13IN2O2/c20-13-7-9-14(10-8-13)21-17(23)11-22-16-6-2-4-12-3-1-5-15(18(12)16)19(22)24/h1-10H,11H2,(H,21,23). The Hall–Kier alpha value is -2.41. The minimum atomic E-state index is -0.214. The monoisotopic (exact) mass is 428 g/mol. The van der Waals surface area contributed by atoms with Gasteiger partial charge in [0.25, 0.3) is 5.91 Å². The predicted molar refractivity (Wildman–Crippen MR) is 103 cm³/mol. The number of nitrogens with one attached hydrogen (secondary N) is 1. The number of halogens is 1. The molecule has 0 bridgehead atoms. The molecule has 3 aromatic carbocycles. The largest absolute Gasteiger partial charge is 0.325 e. The third kappa shape index (κ3) is 2.54. The second kappa shape index (κ2) is 5.90. The number of hydrogen-bond acceptors (Lipinski definition) is 2. The highest BCUT2D eigenvalue weighted by Crippen LogP contribution is 2.36. The number of hydrogen-bond donors (Lipinski definition) is 1. The summed E-state index contributed by atoms with van der Waals surface area (Å²) in [6.45, 7) is -0.00138. The minimum Gasteiger partial charge on any atom is -0.325 e. The van der Waals surface area contributed by atoms with Crippen LogP contribution in [0.4, 0.5) is 11.4 Å². The van der Waals surface area contributed by atoms with Crippen molar-refractivity contribution in [3.63, 3.8) is 0 Å². The molecule has 3 aromatic rings. The molecule has 0 spiro atoms. The first kappa shape index (κ1) is 15.1. The molecule has 5 heteroatoms. The van der Waals surface area contributed by atoms with Crippen LogP contribution in [0.15, 0.2) is 60.7 Å². The van der Waals surface area contributed by atoms with E-state index >= 15 is 0 Å². The molecule has 0 aromatic heterocycles. The van der Waals surface area contributed by atoms with Gasteiger partial charge in [0.15, 0.2) is 0 Å². The van der Waals surface area contributed by atoms with E-state index < -0.39 is 0 Å². The highest BCUT2D eigenvalue weighted by atomic mass is 127. The molecule has 2 amide bonds. The van der Waals surface area contributed by atoms with Gasteiger partial charge in [0.2, 0.25) is 5.91 Å². The number of benzene rings is 3. The Bertz CT molecular complexity index is 962. The number of rotatable bonds is 3. The molecule has 0 unspecified atom stereocenters. The normalized spacial score (nSPS) is 12.7. The van der Waals surface area contributed by atoms with Crippen molar-refractivity contribution in [2.24, 2.45) is 0 Å². The predicted octanol–water partition coefficient (Wildman–Crippen LogP) is 4.04. The molecule has 0 saturated carbocycles. The van der Waals surface area contributed by atoms with Crippen LogP contribution in [-0.4, -0.2) is 18.4 Å². The second-order valence-corrected chi connectivity index (χ2v) is 6.87. The van der Waals surface area contributed by atoms with Crippen LogP contribution in [0.2, 0.25) is 0 Å². The summed E-state index contributed by atoms with van der Waals surface area (Å²) in [5.74, 6) is -0.339. The summed E-state index contributed by atoms with van der Waals surface area (Å²) in [5.41, 5.74) is 2.18. The van der Waals surface area contributed by atoms with E-state index in [1.807, 2.05) is 60.7 Å². The van der Waals surface area contributed by atoms with Gasteiger partial charge in [0.1, 0.15) is 6.54 Å². The van der Waals surface area contributed by atoms with Gasteiger partial charge < -0.3 is 5.32 Å². The quantitative estimate of drug-likeness (QED) is 0.641. The molecule has 118 valence electrons. The Kier molecular flexibility index (Phi) is 3.72. The average Bonchev–Trinajstić information content (AvgIpc) is 2.85. The fourth-order valence-corrected chi connectivity index (χ4v) is 3.37. The first-order chi connectivity index (χ1) is 11.6. The maximum atomic E-state index is 12.7. The molecule has 0 radical (unpaired) electrons. The van der Waals surface area contributed by atoms with E-state index in [1.54, 1.807) is 4.90 Å². The molecule has 0 aliphatic carbocycles. The molecule has 0 fully saturated rings. The highest BCUT2D eigenvalue weighted by Gasteiger charge is 2.30. The van der Waals surface area contributed by atoms with E-state index in [4.69, 9.17) is 0 Å². The number of carbonyl (C=O) groups excluding carboxylic acids is 2. The third-order valence-electron chi connectivity index (χ3n) is 4.08. The smallest absolute Gasteiger partial charge is 0.259 e. The van der Waals surface area contributed by atoms with Crippen LogP contribution in [0.3, 0.4) is 0 Å². The molecular formula is C19H13IN2O2. The molecular weight excluding hydrogens is 415 g/mol. The van der Waals surface area contributed by atoms with Crippen LogP contribution in [0.5, 0.6) is 0 Å². The van der Waals surface area contributed by atoms with Crippen LogP contribution in [0.25, 0.3) is 10.8 Å². The van der Waals surface area contributed by atoms with Crippen molar-refractivity contribution in [2.75, 3.05) is 16.8 Å². The number of anilines is 2. The summed E-state index contributed by atoms with van der Waals surface area (Å²) in [7, 11) is 0. The summed E-state index contributed by atoms with van der Waals surface area (Å²) in [5, 5.41) is 4.78. The fourth-order valence-electron chi connectivity index (χ4n) is 3.01. The first-order valence-corrected chi connectivity index (χ1v) is 8.60. The van der Waals surface area contributed by atoms with Gasteiger partial charge in [-0.05, 0) is 64.4 Å². The van der Waals surface area contributed by atoms with Crippen LogP contribution in [0.1, 0.15) is 10.4 Å². The summed E-state index contributed by atoms with van der Waals surface area (Å²) in [4.78, 5) is 26.6. The van der Waals surface area contributed by atoms with Crippen molar-refractivity contribution in [1.82, 2.24) is 0 Å². The molecule has 1 aliphatic heterocycles. The Morgan fingerprint density at radius 1 is 1.00 bits per heavy atom. The maximum Gasteiger partial charge on any atom is 0.259 e. The SMILES string of the molecule is O=C(CN1C(=O)c2cccc3cccc1c23)Nc1ccc(I)cc1.